The zero-order valence-corrected chi connectivity index (χ0v) is 22.0. The van der Waals surface area contributed by atoms with Crippen LogP contribution in [0.1, 0.15) is 11.1 Å². The normalized spacial score (nSPS) is 14.7. The number of imide groups is 2. The standard InChI is InChI=1S/C24H14Br2ClN3O6/c25-17-10-14(11-18(26)21(17)36-12-13-5-7-15(8-6-13)30(34)35)9-16-22(31)28-24(33)29(23(16)32)20-4-2-1-3-19(20)27/h1-11H,12H2,(H,28,31,33)/b16-9+. The molecule has 0 spiro atoms. The molecule has 1 aliphatic heterocycles. The van der Waals surface area contributed by atoms with E-state index in [1.54, 1.807) is 36.4 Å². The lowest BCUT2D eigenvalue weighted by Crippen LogP contribution is -2.54. The largest absolute Gasteiger partial charge is 0.487 e. The molecular formula is C24H14Br2ClN3O6. The third-order valence-electron chi connectivity index (χ3n) is 5.06. The van der Waals surface area contributed by atoms with E-state index in [1.807, 2.05) is 0 Å². The number of rotatable bonds is 6. The highest BCUT2D eigenvalue weighted by atomic mass is 79.9. The van der Waals surface area contributed by atoms with Crippen LogP contribution in [0.2, 0.25) is 5.02 Å². The first-order valence-electron chi connectivity index (χ1n) is 10.2. The molecule has 3 aromatic carbocycles. The molecule has 1 heterocycles. The maximum absolute atomic E-state index is 13.1. The number of carbonyl (C=O) groups is 3. The van der Waals surface area contributed by atoms with Crippen LogP contribution in [0.15, 0.2) is 75.2 Å². The van der Waals surface area contributed by atoms with Gasteiger partial charge in [0.2, 0.25) is 0 Å². The molecule has 1 aliphatic rings. The van der Waals surface area contributed by atoms with Crippen LogP contribution < -0.4 is 15.0 Å². The Morgan fingerprint density at radius 3 is 2.28 bits per heavy atom. The first-order valence-corrected chi connectivity index (χ1v) is 12.1. The van der Waals surface area contributed by atoms with Gasteiger partial charge in [-0.05, 0) is 85.5 Å². The average molecular weight is 636 g/mol. The maximum atomic E-state index is 13.1. The number of ether oxygens (including phenoxy) is 1. The molecule has 0 aromatic heterocycles. The van der Waals surface area contributed by atoms with Crippen molar-refractivity contribution >= 4 is 78.8 Å². The summed E-state index contributed by atoms with van der Waals surface area (Å²) in [6, 6.07) is 14.6. The molecule has 4 amide bonds. The number of nitro groups is 1. The molecule has 182 valence electrons. The van der Waals surface area contributed by atoms with Crippen molar-refractivity contribution in [2.75, 3.05) is 4.90 Å². The highest BCUT2D eigenvalue weighted by molar-refractivity contribution is 9.11. The topological polar surface area (TPSA) is 119 Å². The summed E-state index contributed by atoms with van der Waals surface area (Å²) in [7, 11) is 0. The van der Waals surface area contributed by atoms with Crippen LogP contribution in [0, 0.1) is 10.1 Å². The zero-order valence-electron chi connectivity index (χ0n) is 18.0. The average Bonchev–Trinajstić information content (AvgIpc) is 2.82. The number of non-ortho nitro benzene ring substituents is 1. The number of hydrogen-bond acceptors (Lipinski definition) is 6. The minimum absolute atomic E-state index is 0.0189. The number of barbiturate groups is 1. The van der Waals surface area contributed by atoms with E-state index in [9.17, 15) is 24.5 Å². The lowest BCUT2D eigenvalue weighted by molar-refractivity contribution is -0.384. The van der Waals surface area contributed by atoms with E-state index in [0.29, 0.717) is 20.3 Å². The first kappa shape index (κ1) is 25.5. The Morgan fingerprint density at radius 1 is 1.03 bits per heavy atom. The molecule has 12 heteroatoms. The molecule has 0 saturated carbocycles. The molecule has 36 heavy (non-hydrogen) atoms. The molecule has 9 nitrogen and oxygen atoms in total. The van der Waals surface area contributed by atoms with Gasteiger partial charge in [-0.3, -0.25) is 25.0 Å². The second-order valence-corrected chi connectivity index (χ2v) is 9.55. The fourth-order valence-electron chi connectivity index (χ4n) is 3.35. The molecule has 1 saturated heterocycles. The van der Waals surface area contributed by atoms with Gasteiger partial charge in [0.1, 0.15) is 17.9 Å². The van der Waals surface area contributed by atoms with Gasteiger partial charge in [0.15, 0.2) is 0 Å². The number of benzene rings is 3. The van der Waals surface area contributed by atoms with E-state index in [-0.39, 0.29) is 28.6 Å². The fraction of sp³-hybridized carbons (Fsp3) is 0.0417. The van der Waals surface area contributed by atoms with Crippen LogP contribution in [-0.4, -0.2) is 22.8 Å². The van der Waals surface area contributed by atoms with Crippen LogP contribution in [-0.2, 0) is 16.2 Å². The number of nitrogens with one attached hydrogen (secondary N) is 1. The number of amides is 4. The Hall–Kier alpha value is -3.54. The molecular weight excluding hydrogens is 622 g/mol. The summed E-state index contributed by atoms with van der Waals surface area (Å²) in [5.74, 6) is -1.20. The number of hydrogen-bond donors (Lipinski definition) is 1. The van der Waals surface area contributed by atoms with Crippen molar-refractivity contribution in [1.29, 1.82) is 0 Å². The maximum Gasteiger partial charge on any atom is 0.335 e. The van der Waals surface area contributed by atoms with Gasteiger partial charge in [0.05, 0.1) is 24.6 Å². The van der Waals surface area contributed by atoms with E-state index < -0.39 is 22.8 Å². The number of nitro benzene ring substituents is 1. The van der Waals surface area contributed by atoms with E-state index >= 15 is 0 Å². The van der Waals surface area contributed by atoms with Crippen LogP contribution in [0.25, 0.3) is 6.08 Å². The lowest BCUT2D eigenvalue weighted by Gasteiger charge is -2.27. The van der Waals surface area contributed by atoms with Gasteiger partial charge in [-0.1, -0.05) is 23.7 Å². The highest BCUT2D eigenvalue weighted by Gasteiger charge is 2.37. The molecule has 4 rings (SSSR count). The van der Waals surface area contributed by atoms with Crippen LogP contribution >= 0.6 is 43.5 Å². The third kappa shape index (κ3) is 5.32. The van der Waals surface area contributed by atoms with Gasteiger partial charge in [-0.2, -0.15) is 0 Å². The summed E-state index contributed by atoms with van der Waals surface area (Å²) in [5.41, 5.74) is 1.07. The Balaban J connectivity index is 1.58. The van der Waals surface area contributed by atoms with Crippen LogP contribution in [0.5, 0.6) is 5.75 Å². The predicted molar refractivity (Wildman–Crippen MR) is 140 cm³/mol. The number of urea groups is 1. The van der Waals surface area contributed by atoms with Crippen molar-refractivity contribution < 1.29 is 24.0 Å². The van der Waals surface area contributed by atoms with Crippen molar-refractivity contribution in [1.82, 2.24) is 5.32 Å². The minimum atomic E-state index is -0.896. The Labute approximate surface area is 226 Å². The fourth-order valence-corrected chi connectivity index (χ4v) is 5.02. The molecule has 3 aromatic rings. The highest BCUT2D eigenvalue weighted by Crippen LogP contribution is 2.36. The Kier molecular flexibility index (Phi) is 7.53. The van der Waals surface area contributed by atoms with E-state index in [1.165, 1.54) is 30.3 Å². The van der Waals surface area contributed by atoms with Gasteiger partial charge >= 0.3 is 6.03 Å². The minimum Gasteiger partial charge on any atom is -0.487 e. The third-order valence-corrected chi connectivity index (χ3v) is 6.55. The van der Waals surface area contributed by atoms with Crippen molar-refractivity contribution in [3.63, 3.8) is 0 Å². The Bertz CT molecular complexity index is 1420. The smallest absolute Gasteiger partial charge is 0.335 e. The zero-order chi connectivity index (χ0) is 26.0. The van der Waals surface area contributed by atoms with Gasteiger partial charge in [-0.25, -0.2) is 9.69 Å². The molecule has 0 unspecified atom stereocenters. The second kappa shape index (κ2) is 10.6. The summed E-state index contributed by atoms with van der Waals surface area (Å²) < 4.78 is 6.89. The van der Waals surface area contributed by atoms with E-state index in [0.717, 1.165) is 10.5 Å². The van der Waals surface area contributed by atoms with Crippen LogP contribution in [0.3, 0.4) is 0 Å². The van der Waals surface area contributed by atoms with Crippen LogP contribution in [0.4, 0.5) is 16.2 Å². The van der Waals surface area contributed by atoms with Gasteiger partial charge in [0, 0.05) is 12.1 Å². The molecule has 1 fully saturated rings. The van der Waals surface area contributed by atoms with Crippen molar-refractivity contribution in [3.8, 4) is 5.75 Å². The quantitative estimate of drug-likeness (QED) is 0.153. The monoisotopic (exact) mass is 633 g/mol. The van der Waals surface area contributed by atoms with E-state index in [4.69, 9.17) is 16.3 Å². The number of anilines is 1. The van der Waals surface area contributed by atoms with E-state index in [2.05, 4.69) is 37.2 Å². The summed E-state index contributed by atoms with van der Waals surface area (Å²) in [6.45, 7) is 0.144. The summed E-state index contributed by atoms with van der Waals surface area (Å²) in [5, 5.41) is 13.1. The summed E-state index contributed by atoms with van der Waals surface area (Å²) >= 11 is 13.0. The molecule has 0 radical (unpaired) electrons. The molecule has 1 N–H and O–H groups in total. The number of nitrogens with zero attached hydrogens (tertiary/aromatic N) is 2. The molecule has 0 atom stereocenters. The number of halogens is 3. The second-order valence-electron chi connectivity index (χ2n) is 7.44. The van der Waals surface area contributed by atoms with Crippen molar-refractivity contribution in [3.05, 3.63) is 101 Å². The van der Waals surface area contributed by atoms with Gasteiger partial charge in [-0.15, -0.1) is 0 Å². The van der Waals surface area contributed by atoms with Gasteiger partial charge in [0.25, 0.3) is 17.5 Å². The summed E-state index contributed by atoms with van der Waals surface area (Å²) in [6.07, 6.45) is 1.35. The molecule has 0 aliphatic carbocycles. The van der Waals surface area contributed by atoms with Crippen molar-refractivity contribution in [2.45, 2.75) is 6.61 Å². The SMILES string of the molecule is O=C1NC(=O)N(c2ccccc2Cl)C(=O)/C1=C/c1cc(Br)c(OCc2ccc([N+](=O)[O-])cc2)c(Br)c1. The Morgan fingerprint density at radius 2 is 1.67 bits per heavy atom. The first-order chi connectivity index (χ1) is 17.2. The van der Waals surface area contributed by atoms with Gasteiger partial charge < -0.3 is 4.74 Å². The lowest BCUT2D eigenvalue weighted by atomic mass is 10.1. The molecule has 0 bridgehead atoms. The summed E-state index contributed by atoms with van der Waals surface area (Å²) in [4.78, 5) is 49.1. The number of carbonyl (C=O) groups excluding carboxylic acids is 3. The van der Waals surface area contributed by atoms with Crippen molar-refractivity contribution in [2.24, 2.45) is 0 Å². The predicted octanol–water partition coefficient (Wildman–Crippen LogP) is 6.02. The number of para-hydroxylation sites is 1.